The van der Waals surface area contributed by atoms with Crippen molar-refractivity contribution in [2.75, 3.05) is 10.6 Å². The van der Waals surface area contributed by atoms with E-state index in [0.717, 1.165) is 6.07 Å². The van der Waals surface area contributed by atoms with Gasteiger partial charge in [0.2, 0.25) is 11.9 Å². The SMILES string of the molecule is N#CC1(c2cc(Nc3nc(NC4CC(F)(F)C4)nc(-c4cccc(C(F)(F)F)n4)n3)ccn2)CC1. The first-order valence-corrected chi connectivity index (χ1v) is 10.7. The summed E-state index contributed by atoms with van der Waals surface area (Å²) in [5, 5.41) is 15.1. The fourth-order valence-electron chi connectivity index (χ4n) is 3.72. The molecule has 2 aliphatic carbocycles. The number of anilines is 3. The number of hydrogen-bond acceptors (Lipinski definition) is 8. The van der Waals surface area contributed by atoms with Gasteiger partial charge in [0.25, 0.3) is 5.92 Å². The smallest absolute Gasteiger partial charge is 0.351 e. The van der Waals surface area contributed by atoms with Gasteiger partial charge in [-0.05, 0) is 37.1 Å². The van der Waals surface area contributed by atoms with Crippen LogP contribution < -0.4 is 10.6 Å². The van der Waals surface area contributed by atoms with Crippen molar-refractivity contribution in [1.29, 1.82) is 5.26 Å². The number of alkyl halides is 5. The number of halogens is 5. The number of aromatic nitrogens is 5. The molecule has 0 atom stereocenters. The van der Waals surface area contributed by atoms with Crippen LogP contribution in [0.2, 0.25) is 0 Å². The van der Waals surface area contributed by atoms with E-state index >= 15 is 0 Å². The largest absolute Gasteiger partial charge is 0.433 e. The minimum Gasteiger partial charge on any atom is -0.351 e. The molecule has 0 amide bonds. The molecule has 3 heterocycles. The fourth-order valence-corrected chi connectivity index (χ4v) is 3.72. The molecule has 0 bridgehead atoms. The van der Waals surface area contributed by atoms with Crippen molar-refractivity contribution in [1.82, 2.24) is 24.9 Å². The van der Waals surface area contributed by atoms with Gasteiger partial charge in [0.05, 0.1) is 17.2 Å². The number of nitrogens with one attached hydrogen (secondary N) is 2. The molecule has 2 aliphatic rings. The molecule has 0 unspecified atom stereocenters. The van der Waals surface area contributed by atoms with Crippen molar-refractivity contribution in [3.63, 3.8) is 0 Å². The number of nitriles is 1. The highest BCUT2D eigenvalue weighted by Crippen LogP contribution is 2.47. The third kappa shape index (κ3) is 4.82. The molecule has 3 aromatic rings. The highest BCUT2D eigenvalue weighted by molar-refractivity contribution is 5.60. The van der Waals surface area contributed by atoms with Gasteiger partial charge in [-0.3, -0.25) is 4.98 Å². The first-order valence-electron chi connectivity index (χ1n) is 10.7. The maximum absolute atomic E-state index is 13.3. The maximum Gasteiger partial charge on any atom is 0.433 e. The molecule has 2 fully saturated rings. The van der Waals surface area contributed by atoms with Crippen LogP contribution >= 0.6 is 0 Å². The summed E-state index contributed by atoms with van der Waals surface area (Å²) < 4.78 is 66.0. The summed E-state index contributed by atoms with van der Waals surface area (Å²) >= 11 is 0. The second-order valence-electron chi connectivity index (χ2n) is 8.57. The molecule has 0 radical (unpaired) electrons. The Hall–Kier alpha value is -3.95. The summed E-state index contributed by atoms with van der Waals surface area (Å²) in [6.07, 6.45) is -2.60. The van der Waals surface area contributed by atoms with Crippen LogP contribution in [0.5, 0.6) is 0 Å². The van der Waals surface area contributed by atoms with Crippen LogP contribution in [0.1, 0.15) is 37.1 Å². The van der Waals surface area contributed by atoms with E-state index < -0.39 is 42.1 Å². The zero-order chi connectivity index (χ0) is 24.8. The number of rotatable bonds is 6. The zero-order valence-electron chi connectivity index (χ0n) is 17.9. The maximum atomic E-state index is 13.3. The predicted octanol–water partition coefficient (Wildman–Crippen LogP) is 4.86. The van der Waals surface area contributed by atoms with E-state index in [9.17, 15) is 27.2 Å². The summed E-state index contributed by atoms with van der Waals surface area (Å²) in [5.41, 5.74) is -0.848. The van der Waals surface area contributed by atoms with Gasteiger partial charge in [0, 0.05) is 30.8 Å². The number of pyridine rings is 2. The summed E-state index contributed by atoms with van der Waals surface area (Å²) in [6, 6.07) is 8.24. The van der Waals surface area contributed by atoms with Crippen LogP contribution in [0, 0.1) is 11.3 Å². The van der Waals surface area contributed by atoms with Crippen molar-refractivity contribution < 1.29 is 22.0 Å². The lowest BCUT2D eigenvalue weighted by Gasteiger charge is -2.35. The van der Waals surface area contributed by atoms with Gasteiger partial charge in [0.1, 0.15) is 11.4 Å². The van der Waals surface area contributed by atoms with E-state index in [4.69, 9.17) is 0 Å². The van der Waals surface area contributed by atoms with Crippen molar-refractivity contribution in [3.05, 3.63) is 47.9 Å². The summed E-state index contributed by atoms with van der Waals surface area (Å²) in [7, 11) is 0. The minimum absolute atomic E-state index is 0.0400. The Morgan fingerprint density at radius 2 is 1.74 bits per heavy atom. The fraction of sp³-hybridized carbons (Fsp3) is 0.364. The van der Waals surface area contributed by atoms with E-state index in [-0.39, 0.29) is 23.4 Å². The summed E-state index contributed by atoms with van der Waals surface area (Å²) in [5.74, 6) is -3.08. The highest BCUT2D eigenvalue weighted by Gasteiger charge is 2.47. The second-order valence-corrected chi connectivity index (χ2v) is 8.57. The number of hydrogen-bond donors (Lipinski definition) is 2. The monoisotopic (exact) mass is 488 g/mol. The van der Waals surface area contributed by atoms with Gasteiger partial charge in [-0.15, -0.1) is 0 Å². The molecule has 8 nitrogen and oxygen atoms in total. The van der Waals surface area contributed by atoms with Crippen molar-refractivity contribution in [2.45, 2.75) is 49.2 Å². The van der Waals surface area contributed by atoms with E-state index in [1.54, 1.807) is 12.1 Å². The van der Waals surface area contributed by atoms with Crippen LogP contribution in [0.4, 0.5) is 39.5 Å². The average molecular weight is 488 g/mol. The predicted molar refractivity (Wildman–Crippen MR) is 114 cm³/mol. The summed E-state index contributed by atoms with van der Waals surface area (Å²) in [6.45, 7) is 0. The summed E-state index contributed by atoms with van der Waals surface area (Å²) in [4.78, 5) is 20.4. The third-order valence-corrected chi connectivity index (χ3v) is 5.80. The molecule has 3 aromatic heterocycles. The molecule has 0 spiro atoms. The molecule has 0 aliphatic heterocycles. The molecule has 2 N–H and O–H groups in total. The Morgan fingerprint density at radius 1 is 1.00 bits per heavy atom. The highest BCUT2D eigenvalue weighted by atomic mass is 19.4. The van der Waals surface area contributed by atoms with Gasteiger partial charge >= 0.3 is 6.18 Å². The van der Waals surface area contributed by atoms with Gasteiger partial charge in [-0.25, -0.2) is 13.8 Å². The Balaban J connectivity index is 1.48. The molecule has 5 rings (SSSR count). The normalized spacial score (nSPS) is 18.3. The van der Waals surface area contributed by atoms with Crippen LogP contribution in [-0.2, 0) is 11.6 Å². The van der Waals surface area contributed by atoms with Gasteiger partial charge in [0.15, 0.2) is 5.82 Å². The standard InChI is InChI=1S/C22H17F5N8/c23-21(24)9-13(10-21)31-19-34-17(14-2-1-3-15(32-14)22(25,26)27)33-18(35-19)30-12-4-7-29-16(8-12)20(11-28)5-6-20/h1-4,7-8,13H,5-6,9-10H2,(H2,29,30,31,33,34,35). The van der Waals surface area contributed by atoms with E-state index in [1.807, 2.05) is 0 Å². The first-order chi connectivity index (χ1) is 16.6. The lowest BCUT2D eigenvalue weighted by atomic mass is 9.88. The molecular formula is C22H17F5N8. The van der Waals surface area contributed by atoms with Crippen molar-refractivity contribution >= 4 is 17.6 Å². The molecule has 35 heavy (non-hydrogen) atoms. The minimum atomic E-state index is -4.67. The lowest BCUT2D eigenvalue weighted by molar-refractivity contribution is -0.141. The van der Waals surface area contributed by atoms with Gasteiger partial charge in [-0.1, -0.05) is 6.07 Å². The lowest BCUT2D eigenvalue weighted by Crippen LogP contribution is -2.44. The Morgan fingerprint density at radius 3 is 2.40 bits per heavy atom. The number of nitrogens with zero attached hydrogens (tertiary/aromatic N) is 6. The van der Waals surface area contributed by atoms with Crippen LogP contribution in [0.3, 0.4) is 0 Å². The van der Waals surface area contributed by atoms with Gasteiger partial charge in [-0.2, -0.15) is 33.4 Å². The van der Waals surface area contributed by atoms with Crippen LogP contribution in [0.25, 0.3) is 11.5 Å². The quantitative estimate of drug-likeness (QED) is 0.474. The van der Waals surface area contributed by atoms with Crippen LogP contribution in [-0.4, -0.2) is 36.9 Å². The zero-order valence-corrected chi connectivity index (χ0v) is 17.9. The van der Waals surface area contributed by atoms with E-state index in [2.05, 4.69) is 41.6 Å². The van der Waals surface area contributed by atoms with Gasteiger partial charge < -0.3 is 10.6 Å². The van der Waals surface area contributed by atoms with E-state index in [1.165, 1.54) is 18.3 Å². The molecule has 0 aromatic carbocycles. The Labute approximate surface area is 195 Å². The topological polar surface area (TPSA) is 112 Å². The molecular weight excluding hydrogens is 471 g/mol. The van der Waals surface area contributed by atoms with E-state index in [0.29, 0.717) is 24.2 Å². The Kier molecular flexibility index (Phi) is 5.26. The molecule has 0 saturated heterocycles. The average Bonchev–Trinajstić information content (AvgIpc) is 3.59. The second kappa shape index (κ2) is 8.07. The molecule has 180 valence electrons. The third-order valence-electron chi connectivity index (χ3n) is 5.80. The first kappa shape index (κ1) is 22.8. The molecule has 2 saturated carbocycles. The van der Waals surface area contributed by atoms with Crippen molar-refractivity contribution in [3.8, 4) is 17.6 Å². The van der Waals surface area contributed by atoms with Crippen molar-refractivity contribution in [2.24, 2.45) is 0 Å². The molecule has 13 heteroatoms. The van der Waals surface area contributed by atoms with Crippen LogP contribution in [0.15, 0.2) is 36.5 Å². The Bertz CT molecular complexity index is 1310.